The molecule has 2 saturated carbocycles. The van der Waals surface area contributed by atoms with Crippen molar-refractivity contribution < 1.29 is 9.59 Å². The Morgan fingerprint density at radius 2 is 1.71 bits per heavy atom. The second-order valence-corrected chi connectivity index (χ2v) is 7.81. The van der Waals surface area contributed by atoms with Crippen LogP contribution in [0.25, 0.3) is 0 Å². The van der Waals surface area contributed by atoms with Crippen LogP contribution in [0.1, 0.15) is 57.8 Å². The van der Waals surface area contributed by atoms with E-state index in [2.05, 4.69) is 11.6 Å². The zero-order valence-corrected chi connectivity index (χ0v) is 13.7. The van der Waals surface area contributed by atoms with Crippen LogP contribution >= 0.6 is 11.8 Å². The van der Waals surface area contributed by atoms with Crippen LogP contribution in [0, 0.1) is 0 Å². The van der Waals surface area contributed by atoms with Crippen molar-refractivity contribution in [3.63, 3.8) is 0 Å². The van der Waals surface area contributed by atoms with E-state index in [9.17, 15) is 9.59 Å². The van der Waals surface area contributed by atoms with Gasteiger partial charge < -0.3 is 5.32 Å². The maximum absolute atomic E-state index is 12.5. The molecule has 3 rings (SSSR count). The van der Waals surface area contributed by atoms with E-state index in [0.717, 1.165) is 43.8 Å². The lowest BCUT2D eigenvalue weighted by molar-refractivity contribution is -0.141. The van der Waals surface area contributed by atoms with Crippen molar-refractivity contribution in [2.24, 2.45) is 0 Å². The van der Waals surface area contributed by atoms with Gasteiger partial charge in [-0.3, -0.25) is 14.5 Å². The summed E-state index contributed by atoms with van der Waals surface area (Å²) < 4.78 is 0. The highest BCUT2D eigenvalue weighted by Crippen LogP contribution is 2.30. The van der Waals surface area contributed by atoms with Crippen molar-refractivity contribution in [3.8, 4) is 0 Å². The summed E-state index contributed by atoms with van der Waals surface area (Å²) in [5.74, 6) is 0.0843. The minimum Gasteiger partial charge on any atom is -0.303 e. The molecular weight excluding hydrogens is 284 g/mol. The molecule has 0 spiro atoms. The normalized spacial score (nSPS) is 34.9. The molecule has 0 aromatic carbocycles. The Balaban J connectivity index is 1.55. The van der Waals surface area contributed by atoms with Gasteiger partial charge in [0, 0.05) is 17.3 Å². The monoisotopic (exact) mass is 310 g/mol. The lowest BCUT2D eigenvalue weighted by Crippen LogP contribution is -2.47. The van der Waals surface area contributed by atoms with Gasteiger partial charge in [0.1, 0.15) is 0 Å². The first-order valence-corrected chi connectivity index (χ1v) is 9.62. The molecule has 5 heteroatoms. The molecule has 3 aliphatic rings. The van der Waals surface area contributed by atoms with E-state index in [1.54, 1.807) is 4.90 Å². The van der Waals surface area contributed by atoms with Crippen LogP contribution in [0.5, 0.6) is 0 Å². The Kier molecular flexibility index (Phi) is 4.89. The topological polar surface area (TPSA) is 49.4 Å². The molecule has 2 amide bonds. The fourth-order valence-electron chi connectivity index (χ4n) is 4.08. The summed E-state index contributed by atoms with van der Waals surface area (Å²) in [6, 6.07) is 0.344. The molecule has 118 valence electrons. The molecule has 1 heterocycles. The number of amides is 2. The first-order chi connectivity index (χ1) is 10.2. The number of thioether (sulfide) groups is 1. The van der Waals surface area contributed by atoms with Gasteiger partial charge in [0.05, 0.1) is 12.5 Å². The van der Waals surface area contributed by atoms with Crippen molar-refractivity contribution in [2.45, 2.75) is 81.2 Å². The summed E-state index contributed by atoms with van der Waals surface area (Å²) in [6.07, 6.45) is 11.6. The van der Waals surface area contributed by atoms with Gasteiger partial charge in [0.2, 0.25) is 11.8 Å². The number of rotatable bonds is 4. The number of imide groups is 1. The lowest BCUT2D eigenvalue weighted by atomic mass is 9.94. The van der Waals surface area contributed by atoms with Gasteiger partial charge >= 0.3 is 0 Å². The van der Waals surface area contributed by atoms with Crippen molar-refractivity contribution in [2.75, 3.05) is 6.26 Å². The molecule has 2 aliphatic carbocycles. The molecule has 1 saturated heterocycles. The average molecular weight is 310 g/mol. The molecule has 0 aromatic rings. The van der Waals surface area contributed by atoms with E-state index in [1.165, 1.54) is 12.8 Å². The zero-order valence-electron chi connectivity index (χ0n) is 12.8. The summed E-state index contributed by atoms with van der Waals surface area (Å²) >= 11 is 1.95. The maximum atomic E-state index is 12.5. The molecule has 3 fully saturated rings. The number of carbonyl (C=O) groups is 2. The number of hydrogen-bond acceptors (Lipinski definition) is 4. The van der Waals surface area contributed by atoms with Crippen LogP contribution < -0.4 is 5.32 Å². The van der Waals surface area contributed by atoms with Crippen molar-refractivity contribution in [1.82, 2.24) is 10.2 Å². The molecule has 1 N–H and O–H groups in total. The first-order valence-electron chi connectivity index (χ1n) is 8.33. The first kappa shape index (κ1) is 15.3. The van der Waals surface area contributed by atoms with Crippen LogP contribution in [0.3, 0.4) is 0 Å². The van der Waals surface area contributed by atoms with Crippen LogP contribution in [0.4, 0.5) is 0 Å². The number of carbonyl (C=O) groups excluding carboxylic acids is 2. The van der Waals surface area contributed by atoms with E-state index in [4.69, 9.17) is 0 Å². The maximum Gasteiger partial charge on any atom is 0.247 e. The van der Waals surface area contributed by atoms with E-state index >= 15 is 0 Å². The number of likely N-dealkylation sites (tertiary alicyclic amines) is 1. The number of nitrogens with zero attached hydrogens (tertiary/aromatic N) is 1. The molecular formula is C16H26N2O2S. The van der Waals surface area contributed by atoms with Gasteiger partial charge in [-0.05, 0) is 44.8 Å². The molecule has 0 aromatic heterocycles. The highest BCUT2D eigenvalue weighted by Gasteiger charge is 2.43. The van der Waals surface area contributed by atoms with Gasteiger partial charge in [-0.1, -0.05) is 12.8 Å². The highest BCUT2D eigenvalue weighted by molar-refractivity contribution is 7.99. The Morgan fingerprint density at radius 3 is 2.33 bits per heavy atom. The molecule has 4 nitrogen and oxygen atoms in total. The zero-order chi connectivity index (χ0) is 14.8. The summed E-state index contributed by atoms with van der Waals surface area (Å²) in [6.45, 7) is 0. The predicted octanol–water partition coefficient (Wildman–Crippen LogP) is 2.32. The van der Waals surface area contributed by atoms with Crippen molar-refractivity contribution >= 4 is 23.6 Å². The van der Waals surface area contributed by atoms with Gasteiger partial charge in [-0.25, -0.2) is 0 Å². The standard InChI is InChI=1S/C16H26N2O2S/c1-21-13-8-6-11(7-9-13)17-14-10-15(19)18(16(14)20)12-4-2-3-5-12/h11-14,17H,2-10H2,1H3. The smallest absolute Gasteiger partial charge is 0.247 e. The molecule has 1 aliphatic heterocycles. The van der Waals surface area contributed by atoms with E-state index in [1.807, 2.05) is 11.8 Å². The molecule has 1 atom stereocenters. The Bertz CT molecular complexity index is 401. The fraction of sp³-hybridized carbons (Fsp3) is 0.875. The number of hydrogen-bond donors (Lipinski definition) is 1. The van der Waals surface area contributed by atoms with Gasteiger partial charge in [0.25, 0.3) is 0 Å². The average Bonchev–Trinajstić information content (AvgIpc) is 3.09. The Hall–Kier alpha value is -0.550. The molecule has 21 heavy (non-hydrogen) atoms. The van der Waals surface area contributed by atoms with Gasteiger partial charge in [-0.15, -0.1) is 0 Å². The second kappa shape index (κ2) is 6.69. The van der Waals surface area contributed by atoms with E-state index in [-0.39, 0.29) is 23.9 Å². The van der Waals surface area contributed by atoms with E-state index < -0.39 is 0 Å². The number of nitrogens with one attached hydrogen (secondary N) is 1. The Morgan fingerprint density at radius 1 is 1.05 bits per heavy atom. The summed E-state index contributed by atoms with van der Waals surface area (Å²) in [5.41, 5.74) is 0. The third kappa shape index (κ3) is 3.29. The van der Waals surface area contributed by atoms with Crippen LogP contribution in [0.2, 0.25) is 0 Å². The minimum absolute atomic E-state index is 0.0406. The van der Waals surface area contributed by atoms with Crippen LogP contribution in [0.15, 0.2) is 0 Å². The van der Waals surface area contributed by atoms with Gasteiger partial charge in [0.15, 0.2) is 0 Å². The van der Waals surface area contributed by atoms with Crippen LogP contribution in [-0.4, -0.2) is 46.3 Å². The second-order valence-electron chi connectivity index (χ2n) is 6.67. The van der Waals surface area contributed by atoms with Crippen LogP contribution in [-0.2, 0) is 9.59 Å². The molecule has 0 radical (unpaired) electrons. The van der Waals surface area contributed by atoms with Gasteiger partial charge in [-0.2, -0.15) is 11.8 Å². The SMILES string of the molecule is CSC1CCC(NC2CC(=O)N(C3CCCC3)C2=O)CC1. The summed E-state index contributed by atoms with van der Waals surface area (Å²) in [7, 11) is 0. The fourth-order valence-corrected chi connectivity index (χ4v) is 4.82. The quantitative estimate of drug-likeness (QED) is 0.810. The summed E-state index contributed by atoms with van der Waals surface area (Å²) in [5, 5.41) is 4.25. The van der Waals surface area contributed by atoms with E-state index in [0.29, 0.717) is 12.5 Å². The molecule has 1 unspecified atom stereocenters. The largest absolute Gasteiger partial charge is 0.303 e. The van der Waals surface area contributed by atoms with Crippen molar-refractivity contribution in [1.29, 1.82) is 0 Å². The predicted molar refractivity (Wildman–Crippen MR) is 85.2 cm³/mol. The lowest BCUT2D eigenvalue weighted by Gasteiger charge is -2.30. The Labute approximate surface area is 131 Å². The molecule has 0 bridgehead atoms. The minimum atomic E-state index is -0.256. The summed E-state index contributed by atoms with van der Waals surface area (Å²) in [4.78, 5) is 26.3. The highest BCUT2D eigenvalue weighted by atomic mass is 32.2. The third-order valence-electron chi connectivity index (χ3n) is 5.32. The third-order valence-corrected chi connectivity index (χ3v) is 6.46. The van der Waals surface area contributed by atoms with Crippen molar-refractivity contribution in [3.05, 3.63) is 0 Å².